The molecule has 17 nitrogen and oxygen atoms in total. The molecule has 3 N–H and O–H groups in total. The largest absolute Gasteiger partial charge is 0.472 e. The number of unbranched alkanes of at least 4 members (excludes halogenated alkanes) is 47. The third kappa shape index (κ3) is 74.3. The topological polar surface area (TPSA) is 237 Å². The van der Waals surface area contributed by atoms with E-state index in [0.717, 1.165) is 108 Å². The number of ether oxygens (including phenoxy) is 4. The van der Waals surface area contributed by atoms with E-state index in [1.165, 1.54) is 231 Å². The second kappa shape index (κ2) is 71.3. The molecule has 0 aliphatic heterocycles. The molecular formula is C81H158O17P2. The molecule has 594 valence electrons. The van der Waals surface area contributed by atoms with Gasteiger partial charge in [0.15, 0.2) is 12.2 Å². The van der Waals surface area contributed by atoms with E-state index in [0.29, 0.717) is 25.7 Å². The highest BCUT2D eigenvalue weighted by Crippen LogP contribution is 2.45. The van der Waals surface area contributed by atoms with Crippen LogP contribution in [0.5, 0.6) is 0 Å². The van der Waals surface area contributed by atoms with Gasteiger partial charge in [0.1, 0.15) is 19.3 Å². The van der Waals surface area contributed by atoms with Gasteiger partial charge in [0, 0.05) is 25.7 Å². The highest BCUT2D eigenvalue weighted by atomic mass is 31.2. The number of phosphoric acid groups is 2. The zero-order chi connectivity index (χ0) is 73.7. The Morgan fingerprint density at radius 2 is 0.460 bits per heavy atom. The van der Waals surface area contributed by atoms with Crippen molar-refractivity contribution in [2.45, 2.75) is 439 Å². The number of carbonyl (C=O) groups excluding carboxylic acids is 4. The van der Waals surface area contributed by atoms with Crippen molar-refractivity contribution in [3.63, 3.8) is 0 Å². The first-order valence-corrected chi connectivity index (χ1v) is 44.8. The van der Waals surface area contributed by atoms with Gasteiger partial charge in [0.05, 0.1) is 26.4 Å². The van der Waals surface area contributed by atoms with Gasteiger partial charge in [0.2, 0.25) is 0 Å². The smallest absolute Gasteiger partial charge is 0.462 e. The fraction of sp³-hybridized carbons (Fsp3) is 0.951. The molecule has 0 spiro atoms. The average Bonchev–Trinajstić information content (AvgIpc) is 0.926. The number of rotatable bonds is 79. The molecule has 0 aromatic heterocycles. The van der Waals surface area contributed by atoms with Crippen LogP contribution in [0.4, 0.5) is 0 Å². The molecule has 0 saturated carbocycles. The Morgan fingerprint density at radius 3 is 0.680 bits per heavy atom. The lowest BCUT2D eigenvalue weighted by atomic mass is 10.0. The van der Waals surface area contributed by atoms with Gasteiger partial charge in [-0.3, -0.25) is 37.3 Å². The van der Waals surface area contributed by atoms with Gasteiger partial charge in [-0.1, -0.05) is 370 Å². The SMILES string of the molecule is CCCCCCCCCCCCCCCCCC(=O)OC[C@H](COP(=O)(O)OC[C@@H](O)COP(=O)(O)OC[C@@H](COC(=O)CCCCCCCCCCCC(C)C)OC(=O)CCCCCCCCCCCCCC(C)C)OC(=O)CCCCCCCCCCCCCCCCCCC(C)C. The van der Waals surface area contributed by atoms with Crippen LogP contribution in [0.25, 0.3) is 0 Å². The van der Waals surface area contributed by atoms with E-state index in [-0.39, 0.29) is 25.7 Å². The van der Waals surface area contributed by atoms with Crippen molar-refractivity contribution in [2.75, 3.05) is 39.6 Å². The first-order valence-electron chi connectivity index (χ1n) is 41.8. The van der Waals surface area contributed by atoms with Crippen LogP contribution in [0.3, 0.4) is 0 Å². The standard InChI is InChI=1S/C81H158O17P2/c1-8-9-10-11-12-13-14-15-18-22-27-34-41-48-55-62-78(83)91-68-76(97-80(85)64-57-50-43-35-28-23-20-17-16-19-21-25-31-38-45-52-59-72(2)3)70-95-99(87,88)93-66-75(82)67-94-100(89,90)96-71-77(69-92-79(84)63-56-49-42-37-30-33-40-47-54-61-74(6)7)98-81(86)65-58-51-44-36-29-24-26-32-39-46-53-60-73(4)5/h72-77,82H,8-71H2,1-7H3,(H,87,88)(H,89,90)/t75-,76-,77-/m1/s1. The van der Waals surface area contributed by atoms with Crippen LogP contribution >= 0.6 is 15.6 Å². The monoisotopic (exact) mass is 1470 g/mol. The Balaban J connectivity index is 5.26. The number of phosphoric ester groups is 2. The summed E-state index contributed by atoms with van der Waals surface area (Å²) in [7, 11) is -9.92. The van der Waals surface area contributed by atoms with Crippen LogP contribution < -0.4 is 0 Å². The van der Waals surface area contributed by atoms with Crippen LogP contribution in [-0.4, -0.2) is 96.7 Å². The minimum absolute atomic E-state index is 0.106. The van der Waals surface area contributed by atoms with E-state index < -0.39 is 97.5 Å². The van der Waals surface area contributed by atoms with Crippen molar-refractivity contribution in [1.29, 1.82) is 0 Å². The van der Waals surface area contributed by atoms with Gasteiger partial charge >= 0.3 is 39.5 Å². The van der Waals surface area contributed by atoms with Crippen LogP contribution in [0.2, 0.25) is 0 Å². The highest BCUT2D eigenvalue weighted by Gasteiger charge is 2.30. The maximum Gasteiger partial charge on any atom is 0.472 e. The zero-order valence-electron chi connectivity index (χ0n) is 65.7. The minimum Gasteiger partial charge on any atom is -0.462 e. The van der Waals surface area contributed by atoms with E-state index in [9.17, 15) is 43.2 Å². The lowest BCUT2D eigenvalue weighted by Gasteiger charge is -2.21. The lowest BCUT2D eigenvalue weighted by molar-refractivity contribution is -0.161. The van der Waals surface area contributed by atoms with Crippen LogP contribution in [0.15, 0.2) is 0 Å². The maximum atomic E-state index is 13.1. The van der Waals surface area contributed by atoms with Gasteiger partial charge in [0.25, 0.3) is 0 Å². The summed E-state index contributed by atoms with van der Waals surface area (Å²) in [6.45, 7) is 12.0. The van der Waals surface area contributed by atoms with Crippen molar-refractivity contribution < 1.29 is 80.2 Å². The average molecular weight is 1470 g/mol. The number of hydrogen-bond acceptors (Lipinski definition) is 15. The molecule has 0 saturated heterocycles. The molecule has 0 amide bonds. The Hall–Kier alpha value is -1.94. The van der Waals surface area contributed by atoms with Crippen molar-refractivity contribution >= 4 is 39.5 Å². The first-order chi connectivity index (χ1) is 48.2. The molecule has 0 aromatic carbocycles. The van der Waals surface area contributed by atoms with E-state index >= 15 is 0 Å². The van der Waals surface area contributed by atoms with E-state index in [1.54, 1.807) is 0 Å². The maximum absolute atomic E-state index is 13.1. The molecule has 19 heteroatoms. The third-order valence-corrected chi connectivity index (χ3v) is 20.8. The van der Waals surface area contributed by atoms with Crippen molar-refractivity contribution in [2.24, 2.45) is 17.8 Å². The fourth-order valence-corrected chi connectivity index (χ4v) is 14.1. The normalized spacial score (nSPS) is 14.0. The summed E-state index contributed by atoms with van der Waals surface area (Å²) in [5.41, 5.74) is 0. The molecule has 100 heavy (non-hydrogen) atoms. The number of esters is 4. The van der Waals surface area contributed by atoms with Crippen molar-refractivity contribution in [3.05, 3.63) is 0 Å². The van der Waals surface area contributed by atoms with Gasteiger partial charge in [-0.15, -0.1) is 0 Å². The quantitative estimate of drug-likeness (QED) is 0.0222. The summed E-state index contributed by atoms with van der Waals surface area (Å²) in [4.78, 5) is 73.1. The van der Waals surface area contributed by atoms with Crippen LogP contribution in [-0.2, 0) is 65.4 Å². The number of aliphatic hydroxyl groups is 1. The van der Waals surface area contributed by atoms with E-state index in [4.69, 9.17) is 37.0 Å². The second-order valence-electron chi connectivity index (χ2n) is 30.6. The van der Waals surface area contributed by atoms with E-state index in [2.05, 4.69) is 48.5 Å². The molecule has 0 bridgehead atoms. The molecule has 0 aliphatic carbocycles. The summed E-state index contributed by atoms with van der Waals surface area (Å²) in [6, 6.07) is 0. The van der Waals surface area contributed by atoms with Gasteiger partial charge < -0.3 is 33.8 Å². The molecule has 0 heterocycles. The summed E-state index contributed by atoms with van der Waals surface area (Å²) >= 11 is 0. The summed E-state index contributed by atoms with van der Waals surface area (Å²) < 4.78 is 68.7. The van der Waals surface area contributed by atoms with Crippen LogP contribution in [0, 0.1) is 17.8 Å². The summed E-state index contributed by atoms with van der Waals surface area (Å²) in [5, 5.41) is 10.6. The Morgan fingerprint density at radius 1 is 0.270 bits per heavy atom. The number of aliphatic hydroxyl groups excluding tert-OH is 1. The van der Waals surface area contributed by atoms with Gasteiger partial charge in [-0.25, -0.2) is 9.13 Å². The summed E-state index contributed by atoms with van der Waals surface area (Å²) in [5.74, 6) is 0.209. The molecule has 0 fully saturated rings. The number of carbonyl (C=O) groups is 4. The van der Waals surface area contributed by atoms with Crippen LogP contribution in [0.1, 0.15) is 421 Å². The lowest BCUT2D eigenvalue weighted by Crippen LogP contribution is -2.30. The van der Waals surface area contributed by atoms with Crippen molar-refractivity contribution in [1.82, 2.24) is 0 Å². The van der Waals surface area contributed by atoms with E-state index in [1.807, 2.05) is 0 Å². The zero-order valence-corrected chi connectivity index (χ0v) is 67.5. The molecule has 0 aliphatic rings. The molecule has 0 rings (SSSR count). The molecule has 5 atom stereocenters. The first kappa shape index (κ1) is 98.1. The molecule has 0 radical (unpaired) electrons. The summed E-state index contributed by atoms with van der Waals surface area (Å²) in [6.07, 6.45) is 59.6. The Kier molecular flexibility index (Phi) is 69.9. The third-order valence-electron chi connectivity index (χ3n) is 18.9. The fourth-order valence-electron chi connectivity index (χ4n) is 12.5. The predicted molar refractivity (Wildman–Crippen MR) is 409 cm³/mol. The highest BCUT2D eigenvalue weighted by molar-refractivity contribution is 7.47. The molecular weight excluding hydrogens is 1310 g/mol. The Labute approximate surface area is 613 Å². The second-order valence-corrected chi connectivity index (χ2v) is 33.5. The van der Waals surface area contributed by atoms with Crippen molar-refractivity contribution in [3.8, 4) is 0 Å². The predicted octanol–water partition coefficient (Wildman–Crippen LogP) is 24.1. The Bertz CT molecular complexity index is 1940. The number of hydrogen-bond donors (Lipinski definition) is 3. The van der Waals surface area contributed by atoms with Gasteiger partial charge in [-0.2, -0.15) is 0 Å². The van der Waals surface area contributed by atoms with Gasteiger partial charge in [-0.05, 0) is 43.4 Å². The molecule has 2 unspecified atom stereocenters. The molecule has 0 aromatic rings. The minimum atomic E-state index is -4.96.